The van der Waals surface area contributed by atoms with E-state index >= 15 is 0 Å². The van der Waals surface area contributed by atoms with Crippen molar-refractivity contribution >= 4 is 23.5 Å². The molecule has 0 aromatic heterocycles. The number of halogens is 1. The first-order chi connectivity index (χ1) is 16.4. The summed E-state index contributed by atoms with van der Waals surface area (Å²) in [5, 5.41) is 9.76. The van der Waals surface area contributed by atoms with E-state index in [1.54, 1.807) is 36.4 Å². The zero-order chi connectivity index (χ0) is 24.0. The zero-order valence-electron chi connectivity index (χ0n) is 19.0. The highest BCUT2D eigenvalue weighted by atomic mass is 35.5. The Morgan fingerprint density at radius 3 is 2.38 bits per heavy atom. The number of rotatable bonds is 8. The number of hydrogen-bond donors (Lipinski definition) is 1. The van der Waals surface area contributed by atoms with Crippen LogP contribution in [0.15, 0.2) is 48.5 Å². The molecule has 0 saturated carbocycles. The van der Waals surface area contributed by atoms with Gasteiger partial charge in [0.1, 0.15) is 18.0 Å². The number of morpholine rings is 2. The van der Waals surface area contributed by atoms with Gasteiger partial charge in [-0.25, -0.2) is 4.79 Å². The Kier molecular flexibility index (Phi) is 8.05. The average Bonchev–Trinajstić information content (AvgIpc) is 2.85. The lowest BCUT2D eigenvalue weighted by molar-refractivity contribution is -0.159. The number of benzene rings is 2. The third-order valence-electron chi connectivity index (χ3n) is 6.09. The minimum absolute atomic E-state index is 0.0238. The highest BCUT2D eigenvalue weighted by Crippen LogP contribution is 2.27. The van der Waals surface area contributed by atoms with Crippen LogP contribution in [0.1, 0.15) is 22.3 Å². The number of hydrogen-bond acceptors (Lipinski definition) is 6. The van der Waals surface area contributed by atoms with E-state index in [0.717, 1.165) is 5.56 Å². The van der Waals surface area contributed by atoms with E-state index < -0.39 is 11.6 Å². The molecule has 1 N–H and O–H groups in total. The molecule has 2 heterocycles. The van der Waals surface area contributed by atoms with Crippen LogP contribution in [0.3, 0.4) is 0 Å². The molecule has 2 aromatic rings. The van der Waals surface area contributed by atoms with E-state index in [9.17, 15) is 9.59 Å². The topological polar surface area (TPSA) is 88.5 Å². The summed E-state index contributed by atoms with van der Waals surface area (Å²) in [5.41, 5.74) is 0.445. The molecular formula is C25H29ClN2O6. The van der Waals surface area contributed by atoms with Gasteiger partial charge in [0.2, 0.25) is 5.91 Å². The number of amides is 1. The van der Waals surface area contributed by atoms with Crippen molar-refractivity contribution in [2.45, 2.75) is 18.6 Å². The van der Waals surface area contributed by atoms with Crippen molar-refractivity contribution in [3.05, 3.63) is 64.7 Å². The summed E-state index contributed by atoms with van der Waals surface area (Å²) in [5.74, 6) is -0.263. The fourth-order valence-electron chi connectivity index (χ4n) is 4.26. The van der Waals surface area contributed by atoms with Crippen LogP contribution in [0.4, 0.5) is 0 Å². The van der Waals surface area contributed by atoms with Gasteiger partial charge in [0, 0.05) is 37.7 Å². The largest absolute Gasteiger partial charge is 0.491 e. The maximum Gasteiger partial charge on any atom is 0.335 e. The first-order valence-corrected chi connectivity index (χ1v) is 11.7. The molecule has 2 fully saturated rings. The van der Waals surface area contributed by atoms with Crippen LogP contribution in [-0.2, 0) is 20.8 Å². The van der Waals surface area contributed by atoms with E-state index in [1.165, 1.54) is 0 Å². The van der Waals surface area contributed by atoms with Crippen LogP contribution in [0.5, 0.6) is 5.75 Å². The molecule has 2 aliphatic heterocycles. The van der Waals surface area contributed by atoms with Gasteiger partial charge >= 0.3 is 5.97 Å². The molecule has 2 aliphatic rings. The van der Waals surface area contributed by atoms with Gasteiger partial charge in [-0.2, -0.15) is 0 Å². The van der Waals surface area contributed by atoms with E-state index in [2.05, 4.69) is 4.90 Å². The van der Waals surface area contributed by atoms with Crippen molar-refractivity contribution in [3.8, 4) is 5.75 Å². The summed E-state index contributed by atoms with van der Waals surface area (Å²) in [6.45, 7) is 4.76. The van der Waals surface area contributed by atoms with Gasteiger partial charge in [-0.05, 0) is 42.0 Å². The highest BCUT2D eigenvalue weighted by molar-refractivity contribution is 6.30. The highest BCUT2D eigenvalue weighted by Gasteiger charge is 2.41. The lowest BCUT2D eigenvalue weighted by Gasteiger charge is -2.43. The summed E-state index contributed by atoms with van der Waals surface area (Å²) in [7, 11) is 0. The van der Waals surface area contributed by atoms with E-state index in [0.29, 0.717) is 63.3 Å². The van der Waals surface area contributed by atoms with Crippen LogP contribution in [0, 0.1) is 0 Å². The number of ether oxygens (including phenoxy) is 3. The van der Waals surface area contributed by atoms with Gasteiger partial charge in [0.15, 0.2) is 0 Å². The smallest absolute Gasteiger partial charge is 0.335 e. The molecule has 8 nitrogen and oxygen atoms in total. The molecule has 2 aromatic carbocycles. The van der Waals surface area contributed by atoms with Crippen molar-refractivity contribution in [3.63, 3.8) is 0 Å². The number of carboxylic acids is 1. The average molecular weight is 489 g/mol. The van der Waals surface area contributed by atoms with Gasteiger partial charge in [-0.3, -0.25) is 9.69 Å². The van der Waals surface area contributed by atoms with Crippen molar-refractivity contribution in [1.82, 2.24) is 9.80 Å². The molecule has 1 amide bonds. The minimum Gasteiger partial charge on any atom is -0.491 e. The maximum atomic E-state index is 13.1. The summed E-state index contributed by atoms with van der Waals surface area (Å²) in [6, 6.07) is 14.0. The van der Waals surface area contributed by atoms with Crippen molar-refractivity contribution in [1.29, 1.82) is 0 Å². The van der Waals surface area contributed by atoms with Gasteiger partial charge in [0.25, 0.3) is 0 Å². The Morgan fingerprint density at radius 2 is 1.71 bits per heavy atom. The molecule has 182 valence electrons. The predicted octanol–water partition coefficient (Wildman–Crippen LogP) is 2.94. The van der Waals surface area contributed by atoms with Gasteiger partial charge in [0.05, 0.1) is 31.8 Å². The Morgan fingerprint density at radius 1 is 1.00 bits per heavy atom. The minimum atomic E-state index is -0.946. The Labute approximate surface area is 204 Å². The monoisotopic (exact) mass is 488 g/mol. The van der Waals surface area contributed by atoms with Crippen LogP contribution in [0.25, 0.3) is 0 Å². The van der Waals surface area contributed by atoms with Crippen molar-refractivity contribution in [2.75, 3.05) is 52.6 Å². The summed E-state index contributed by atoms with van der Waals surface area (Å²) in [6.07, 6.45) is 0.203. The first-order valence-electron chi connectivity index (χ1n) is 11.3. The lowest BCUT2D eigenvalue weighted by Crippen LogP contribution is -2.57. The molecule has 34 heavy (non-hydrogen) atoms. The second-order valence-corrected chi connectivity index (χ2v) is 9.09. The molecular weight excluding hydrogens is 460 g/mol. The Bertz CT molecular complexity index is 978. The van der Waals surface area contributed by atoms with E-state index in [1.807, 2.05) is 17.0 Å². The van der Waals surface area contributed by atoms with Crippen LogP contribution >= 0.6 is 11.6 Å². The predicted molar refractivity (Wildman–Crippen MR) is 126 cm³/mol. The third-order valence-corrected chi connectivity index (χ3v) is 6.34. The number of aromatic carboxylic acids is 1. The normalized spacial score (nSPS) is 21.3. The molecule has 9 heteroatoms. The van der Waals surface area contributed by atoms with Crippen molar-refractivity contribution < 1.29 is 28.9 Å². The van der Waals surface area contributed by atoms with Crippen LogP contribution in [0.2, 0.25) is 5.02 Å². The fraction of sp³-hybridized carbons (Fsp3) is 0.440. The van der Waals surface area contributed by atoms with Crippen molar-refractivity contribution in [2.24, 2.45) is 0 Å². The lowest BCUT2D eigenvalue weighted by atomic mass is 9.96. The van der Waals surface area contributed by atoms with Gasteiger partial charge in [-0.15, -0.1) is 0 Å². The molecule has 1 atom stereocenters. The molecule has 0 radical (unpaired) electrons. The maximum absolute atomic E-state index is 13.1. The third kappa shape index (κ3) is 6.48. The Balaban J connectivity index is 1.47. The van der Waals surface area contributed by atoms with E-state index in [4.69, 9.17) is 30.9 Å². The summed E-state index contributed by atoms with van der Waals surface area (Å²) in [4.78, 5) is 28.3. The zero-order valence-corrected chi connectivity index (χ0v) is 19.7. The molecule has 4 rings (SSSR count). The standard InChI is InChI=1S/C25H29ClN2O6/c26-21-5-7-22(8-6-21)33-18-25(15-23(29)28-10-12-32-13-11-28)17-27(9-14-34-25)16-19-1-3-20(4-2-19)24(30)31/h1-8H,9-18H2,(H,30,31)/t25-/m0/s1. The summed E-state index contributed by atoms with van der Waals surface area (Å²) >= 11 is 5.99. The molecule has 0 spiro atoms. The number of carboxylic acid groups (broad SMARTS) is 1. The van der Waals surface area contributed by atoms with Crippen LogP contribution < -0.4 is 4.74 Å². The fourth-order valence-corrected chi connectivity index (χ4v) is 4.39. The first kappa shape index (κ1) is 24.5. The second kappa shape index (κ2) is 11.2. The summed E-state index contributed by atoms with van der Waals surface area (Å²) < 4.78 is 17.7. The quantitative estimate of drug-likeness (QED) is 0.611. The Hall–Kier alpha value is -2.65. The number of carbonyl (C=O) groups excluding carboxylic acids is 1. The number of nitrogens with zero attached hydrogens (tertiary/aromatic N) is 2. The molecule has 0 bridgehead atoms. The van der Waals surface area contributed by atoms with Gasteiger partial charge in [-0.1, -0.05) is 23.7 Å². The van der Waals surface area contributed by atoms with E-state index in [-0.39, 0.29) is 24.5 Å². The number of carbonyl (C=O) groups is 2. The molecule has 0 unspecified atom stereocenters. The molecule has 2 saturated heterocycles. The SMILES string of the molecule is O=C(O)c1ccc(CN2CCO[C@@](COc3ccc(Cl)cc3)(CC(=O)N3CCOCC3)C2)cc1. The molecule has 0 aliphatic carbocycles. The van der Waals surface area contributed by atoms with Crippen LogP contribution in [-0.4, -0.2) is 85.0 Å². The van der Waals surface area contributed by atoms with Gasteiger partial charge < -0.3 is 24.2 Å². The second-order valence-electron chi connectivity index (χ2n) is 8.66.